The van der Waals surface area contributed by atoms with E-state index in [1.807, 2.05) is 0 Å². The lowest BCUT2D eigenvalue weighted by Crippen LogP contribution is -2.27. The number of hydrogen-bond acceptors (Lipinski definition) is 4. The van der Waals surface area contributed by atoms with Gasteiger partial charge in [0, 0.05) is 35.0 Å². The van der Waals surface area contributed by atoms with Crippen molar-refractivity contribution in [2.24, 2.45) is 17.8 Å². The Bertz CT molecular complexity index is 1300. The van der Waals surface area contributed by atoms with Gasteiger partial charge in [0.05, 0.1) is 28.8 Å². The number of hydrogen-bond donors (Lipinski definition) is 3. The molecule has 1 heterocycles. The first-order chi connectivity index (χ1) is 16.1. The molecule has 4 rings (SSSR count). The van der Waals surface area contributed by atoms with Crippen LogP contribution in [-0.4, -0.2) is 27.1 Å². The summed E-state index contributed by atoms with van der Waals surface area (Å²) >= 11 is 5.87. The van der Waals surface area contributed by atoms with Gasteiger partial charge in [0.1, 0.15) is 5.82 Å². The Morgan fingerprint density at radius 3 is 2.24 bits per heavy atom. The van der Waals surface area contributed by atoms with E-state index >= 15 is 0 Å². The second-order valence-electron chi connectivity index (χ2n) is 8.79. The average molecular weight is 484 g/mol. The van der Waals surface area contributed by atoms with Gasteiger partial charge in [-0.1, -0.05) is 17.7 Å². The molecule has 1 fully saturated rings. The average Bonchev–Trinajstić information content (AvgIpc) is 3.54. The minimum atomic E-state index is -1.30. The number of nitrogens with zero attached hydrogens (tertiary/aromatic N) is 1. The number of pyridine rings is 1. The van der Waals surface area contributed by atoms with Crippen molar-refractivity contribution in [1.29, 1.82) is 0 Å². The van der Waals surface area contributed by atoms with E-state index in [2.05, 4.69) is 10.6 Å². The summed E-state index contributed by atoms with van der Waals surface area (Å²) in [6.07, 6.45) is 1.51. The van der Waals surface area contributed by atoms with Crippen LogP contribution in [0.4, 0.5) is 15.8 Å². The Balaban J connectivity index is 1.51. The van der Waals surface area contributed by atoms with Gasteiger partial charge in [-0.3, -0.25) is 19.0 Å². The molecule has 7 nitrogen and oxygen atoms in total. The van der Waals surface area contributed by atoms with Crippen molar-refractivity contribution in [2.45, 2.75) is 19.4 Å². The van der Waals surface area contributed by atoms with Gasteiger partial charge >= 0.3 is 0 Å². The summed E-state index contributed by atoms with van der Waals surface area (Å²) in [4.78, 5) is 37.8. The number of aliphatic hydroxyl groups is 1. The minimum absolute atomic E-state index is 0.0871. The normalized spacial score (nSPS) is 19.4. The van der Waals surface area contributed by atoms with Crippen molar-refractivity contribution in [1.82, 2.24) is 4.57 Å². The van der Waals surface area contributed by atoms with E-state index < -0.39 is 41.0 Å². The minimum Gasteiger partial charge on any atom is -0.390 e. The third-order valence-corrected chi connectivity index (χ3v) is 6.12. The molecule has 0 radical (unpaired) electrons. The van der Waals surface area contributed by atoms with Crippen molar-refractivity contribution in [3.05, 3.63) is 88.1 Å². The second kappa shape index (κ2) is 9.04. The molecular formula is C25H23ClFN3O4. The highest BCUT2D eigenvalue weighted by molar-refractivity contribution is 6.30. The van der Waals surface area contributed by atoms with Crippen molar-refractivity contribution in [3.8, 4) is 5.69 Å². The maximum atomic E-state index is 14.7. The van der Waals surface area contributed by atoms with Crippen LogP contribution in [0.2, 0.25) is 5.02 Å². The molecule has 3 atom stereocenters. The number of amides is 2. The maximum absolute atomic E-state index is 14.7. The zero-order valence-corrected chi connectivity index (χ0v) is 19.2. The summed E-state index contributed by atoms with van der Waals surface area (Å²) in [7, 11) is 0. The van der Waals surface area contributed by atoms with Crippen LogP contribution in [0.5, 0.6) is 0 Å². The number of carbonyl (C=O) groups excluding carboxylic acids is 2. The zero-order chi connectivity index (χ0) is 24.6. The number of rotatable bonds is 6. The van der Waals surface area contributed by atoms with Gasteiger partial charge < -0.3 is 15.7 Å². The standard InChI is InChI=1S/C25H23ClFN3O4/c1-25(2,34)22-20(23(32)28-15-8-6-14(26)7-9-15)21(22)24(33)29-18-11-10-16(13-17(18)27)30-12-4-3-5-19(30)31/h3-13,20-22,34H,1-2H3,(H,28,32)(H,29,33). The van der Waals surface area contributed by atoms with Crippen LogP contribution in [0.15, 0.2) is 71.7 Å². The number of halogens is 2. The molecule has 0 bridgehead atoms. The zero-order valence-electron chi connectivity index (χ0n) is 18.5. The van der Waals surface area contributed by atoms with E-state index in [1.165, 1.54) is 42.8 Å². The number of anilines is 2. The topological polar surface area (TPSA) is 100 Å². The number of benzene rings is 2. The third kappa shape index (κ3) is 4.88. The molecule has 1 aliphatic rings. The van der Waals surface area contributed by atoms with Crippen LogP contribution in [0, 0.1) is 23.6 Å². The maximum Gasteiger partial charge on any atom is 0.255 e. The highest BCUT2D eigenvalue weighted by atomic mass is 35.5. The predicted octanol–water partition coefficient (Wildman–Crippen LogP) is 3.84. The summed E-state index contributed by atoms with van der Waals surface area (Å²) in [6.45, 7) is 3.06. The van der Waals surface area contributed by atoms with Crippen LogP contribution in [0.25, 0.3) is 5.69 Å². The molecule has 0 aliphatic heterocycles. The molecule has 34 heavy (non-hydrogen) atoms. The third-order valence-electron chi connectivity index (χ3n) is 5.86. The SMILES string of the molecule is CC(C)(O)C1C(C(=O)Nc2ccc(Cl)cc2)C1C(=O)Nc1ccc(-n2ccccc2=O)cc1F. The van der Waals surface area contributed by atoms with Gasteiger partial charge in [0.25, 0.3) is 5.56 Å². The Morgan fingerprint density at radius 2 is 1.65 bits per heavy atom. The Labute approximate surface area is 200 Å². The summed E-state index contributed by atoms with van der Waals surface area (Å²) in [5, 5.41) is 16.3. The summed E-state index contributed by atoms with van der Waals surface area (Å²) < 4.78 is 16.0. The molecule has 2 amide bonds. The van der Waals surface area contributed by atoms with E-state index in [0.29, 0.717) is 16.4 Å². The fourth-order valence-corrected chi connectivity index (χ4v) is 4.34. The fourth-order valence-electron chi connectivity index (χ4n) is 4.21. The van der Waals surface area contributed by atoms with Gasteiger partial charge in [-0.25, -0.2) is 4.39 Å². The van der Waals surface area contributed by atoms with Crippen molar-refractivity contribution in [3.63, 3.8) is 0 Å². The molecule has 1 aliphatic carbocycles. The first-order valence-corrected chi connectivity index (χ1v) is 11.0. The largest absolute Gasteiger partial charge is 0.390 e. The number of carbonyl (C=O) groups is 2. The lowest BCUT2D eigenvalue weighted by molar-refractivity contribution is -0.122. The van der Waals surface area contributed by atoms with Gasteiger partial charge in [-0.15, -0.1) is 0 Å². The van der Waals surface area contributed by atoms with Crippen LogP contribution in [0.3, 0.4) is 0 Å². The fraction of sp³-hybridized carbons (Fsp3) is 0.240. The smallest absolute Gasteiger partial charge is 0.255 e. The summed E-state index contributed by atoms with van der Waals surface area (Å²) in [5.41, 5.74) is -0.897. The van der Waals surface area contributed by atoms with Gasteiger partial charge in [-0.05, 0) is 56.3 Å². The Morgan fingerprint density at radius 1 is 1.00 bits per heavy atom. The van der Waals surface area contributed by atoms with E-state index in [1.54, 1.807) is 36.4 Å². The molecule has 3 aromatic rings. The summed E-state index contributed by atoms with van der Waals surface area (Å²) in [6, 6.07) is 15.1. The lowest BCUT2D eigenvalue weighted by Gasteiger charge is -2.17. The highest BCUT2D eigenvalue weighted by Gasteiger charge is 2.64. The number of nitrogens with one attached hydrogen (secondary N) is 2. The summed E-state index contributed by atoms with van der Waals surface area (Å²) in [5.74, 6) is -4.01. The van der Waals surface area contributed by atoms with E-state index in [9.17, 15) is 23.9 Å². The molecule has 3 unspecified atom stereocenters. The van der Waals surface area contributed by atoms with Crippen molar-refractivity contribution < 1.29 is 19.1 Å². The highest BCUT2D eigenvalue weighted by Crippen LogP contribution is 2.53. The van der Waals surface area contributed by atoms with Gasteiger partial charge in [0.15, 0.2) is 0 Å². The van der Waals surface area contributed by atoms with Crippen molar-refractivity contribution in [2.75, 3.05) is 10.6 Å². The molecule has 0 saturated heterocycles. The van der Waals surface area contributed by atoms with E-state index in [-0.39, 0.29) is 11.2 Å². The van der Waals surface area contributed by atoms with E-state index in [0.717, 1.165) is 6.07 Å². The molecule has 1 aromatic heterocycles. The monoisotopic (exact) mass is 483 g/mol. The Hall–Kier alpha value is -3.49. The molecule has 3 N–H and O–H groups in total. The van der Waals surface area contributed by atoms with Crippen LogP contribution in [-0.2, 0) is 9.59 Å². The molecule has 1 saturated carbocycles. The first-order valence-electron chi connectivity index (χ1n) is 10.6. The van der Waals surface area contributed by atoms with Crippen LogP contribution >= 0.6 is 11.6 Å². The van der Waals surface area contributed by atoms with Gasteiger partial charge in [0.2, 0.25) is 11.8 Å². The molecule has 0 spiro atoms. The molecule has 2 aromatic carbocycles. The molecule has 9 heteroatoms. The Kier molecular flexibility index (Phi) is 6.29. The predicted molar refractivity (Wildman–Crippen MR) is 127 cm³/mol. The molecule has 176 valence electrons. The molecular weight excluding hydrogens is 461 g/mol. The van der Waals surface area contributed by atoms with Crippen LogP contribution in [0.1, 0.15) is 13.8 Å². The van der Waals surface area contributed by atoms with E-state index in [4.69, 9.17) is 11.6 Å². The van der Waals surface area contributed by atoms with Crippen LogP contribution < -0.4 is 16.2 Å². The van der Waals surface area contributed by atoms with Gasteiger partial charge in [-0.2, -0.15) is 0 Å². The second-order valence-corrected chi connectivity index (χ2v) is 9.23. The first kappa shape index (κ1) is 23.7. The quantitative estimate of drug-likeness (QED) is 0.496. The van der Waals surface area contributed by atoms with Crippen molar-refractivity contribution >= 4 is 34.8 Å². The number of aromatic nitrogens is 1. The lowest BCUT2D eigenvalue weighted by atomic mass is 10.0.